The van der Waals surface area contributed by atoms with Crippen molar-refractivity contribution in [3.05, 3.63) is 57.8 Å². The van der Waals surface area contributed by atoms with Crippen LogP contribution in [-0.2, 0) is 0 Å². The zero-order valence-corrected chi connectivity index (χ0v) is 11.8. The van der Waals surface area contributed by atoms with Crippen LogP contribution in [0.2, 0.25) is 0 Å². The maximum Gasteiger partial charge on any atom is 0.258 e. The van der Waals surface area contributed by atoms with Gasteiger partial charge < -0.3 is 10.1 Å². The van der Waals surface area contributed by atoms with E-state index in [4.69, 9.17) is 4.74 Å². The molecule has 1 aromatic carbocycles. The lowest BCUT2D eigenvalue weighted by atomic mass is 10.1. The molecule has 19 heavy (non-hydrogen) atoms. The van der Waals surface area contributed by atoms with Crippen molar-refractivity contribution < 1.29 is 9.53 Å². The summed E-state index contributed by atoms with van der Waals surface area (Å²) in [4.78, 5) is 16.2. The Hall–Kier alpha value is -1.88. The molecule has 1 aromatic heterocycles. The fourth-order valence-corrected chi connectivity index (χ4v) is 2.37. The Bertz CT molecular complexity index is 658. The first kappa shape index (κ1) is 12.2. The molecule has 0 aliphatic carbocycles. The number of aryl methyl sites for hydroxylation is 1. The van der Waals surface area contributed by atoms with Crippen LogP contribution < -0.4 is 10.1 Å². The Labute approximate surface area is 118 Å². The summed E-state index contributed by atoms with van der Waals surface area (Å²) in [5, 5.41) is 2.82. The number of pyridine rings is 1. The summed E-state index contributed by atoms with van der Waals surface area (Å²) >= 11 is 3.34. The molecular formula is C14H11BrN2O2. The first-order valence-electron chi connectivity index (χ1n) is 5.82. The highest BCUT2D eigenvalue weighted by Gasteiger charge is 2.26. The van der Waals surface area contributed by atoms with Crippen molar-refractivity contribution in [1.82, 2.24) is 10.3 Å². The second kappa shape index (κ2) is 4.66. The third-order valence-corrected chi connectivity index (χ3v) is 3.39. The van der Waals surface area contributed by atoms with Gasteiger partial charge in [-0.3, -0.25) is 9.78 Å². The van der Waals surface area contributed by atoms with Crippen molar-refractivity contribution in [2.24, 2.45) is 0 Å². The number of nitrogens with one attached hydrogen (secondary N) is 1. The number of fused-ring (bicyclic) bond motifs is 1. The highest BCUT2D eigenvalue weighted by molar-refractivity contribution is 9.10. The van der Waals surface area contributed by atoms with Gasteiger partial charge in [-0.05, 0) is 36.8 Å². The predicted octanol–water partition coefficient (Wildman–Crippen LogP) is 2.97. The molecule has 0 saturated heterocycles. The summed E-state index contributed by atoms with van der Waals surface area (Å²) in [5.74, 6) is 0.438. The molecule has 0 spiro atoms. The van der Waals surface area contributed by atoms with Gasteiger partial charge in [0.1, 0.15) is 5.75 Å². The number of rotatable bonds is 1. The van der Waals surface area contributed by atoms with Gasteiger partial charge in [-0.25, -0.2) is 0 Å². The van der Waals surface area contributed by atoms with Crippen LogP contribution in [0.1, 0.15) is 27.7 Å². The first-order valence-corrected chi connectivity index (χ1v) is 6.61. The van der Waals surface area contributed by atoms with E-state index in [2.05, 4.69) is 26.2 Å². The second-order valence-corrected chi connectivity index (χ2v) is 5.32. The standard InChI is InChI=1S/C14H11BrN2O2/c1-8-4-9(7-16-6-8)14-17-13(18)11-5-10(15)2-3-12(11)19-14/h2-7,14H,1H3,(H,17,18). The molecule has 1 N–H and O–H groups in total. The average molecular weight is 319 g/mol. The van der Waals surface area contributed by atoms with Gasteiger partial charge in [0.2, 0.25) is 0 Å². The molecule has 2 heterocycles. The van der Waals surface area contributed by atoms with Crippen LogP contribution in [0, 0.1) is 6.92 Å². The van der Waals surface area contributed by atoms with Crippen molar-refractivity contribution in [2.45, 2.75) is 13.2 Å². The average Bonchev–Trinajstić information content (AvgIpc) is 2.39. The summed E-state index contributed by atoms with van der Waals surface area (Å²) < 4.78 is 6.65. The van der Waals surface area contributed by atoms with Crippen LogP contribution in [0.25, 0.3) is 0 Å². The van der Waals surface area contributed by atoms with Gasteiger partial charge in [0.15, 0.2) is 6.23 Å². The molecule has 4 nitrogen and oxygen atoms in total. The van der Waals surface area contributed by atoms with E-state index in [0.29, 0.717) is 11.3 Å². The van der Waals surface area contributed by atoms with Gasteiger partial charge in [-0.15, -0.1) is 0 Å². The zero-order chi connectivity index (χ0) is 13.4. The fourth-order valence-electron chi connectivity index (χ4n) is 2.01. The Morgan fingerprint density at radius 1 is 1.32 bits per heavy atom. The van der Waals surface area contributed by atoms with Crippen LogP contribution in [0.3, 0.4) is 0 Å². The quantitative estimate of drug-likeness (QED) is 0.879. The zero-order valence-electron chi connectivity index (χ0n) is 10.2. The van der Waals surface area contributed by atoms with Crippen molar-refractivity contribution >= 4 is 21.8 Å². The molecule has 3 rings (SSSR count). The summed E-state index contributed by atoms with van der Waals surface area (Å²) in [6.07, 6.45) is 2.97. The molecule has 0 bridgehead atoms. The minimum atomic E-state index is -0.492. The fraction of sp³-hybridized carbons (Fsp3) is 0.143. The van der Waals surface area contributed by atoms with Gasteiger partial charge >= 0.3 is 0 Å². The van der Waals surface area contributed by atoms with Gasteiger partial charge in [-0.2, -0.15) is 0 Å². The number of ether oxygens (including phenoxy) is 1. The molecule has 1 aliphatic heterocycles. The second-order valence-electron chi connectivity index (χ2n) is 4.41. The summed E-state index contributed by atoms with van der Waals surface area (Å²) in [5.41, 5.74) is 2.39. The Morgan fingerprint density at radius 2 is 2.16 bits per heavy atom. The SMILES string of the molecule is Cc1cncc(C2NC(=O)c3cc(Br)ccc3O2)c1. The predicted molar refractivity (Wildman–Crippen MR) is 74.0 cm³/mol. The largest absolute Gasteiger partial charge is 0.465 e. The summed E-state index contributed by atoms with van der Waals surface area (Å²) in [7, 11) is 0. The molecule has 1 atom stereocenters. The van der Waals surface area contributed by atoms with Gasteiger partial charge in [0, 0.05) is 22.4 Å². The molecule has 1 unspecified atom stereocenters. The maximum atomic E-state index is 12.1. The lowest BCUT2D eigenvalue weighted by Crippen LogP contribution is -2.36. The Balaban J connectivity index is 1.97. The van der Waals surface area contributed by atoms with Crippen LogP contribution >= 0.6 is 15.9 Å². The van der Waals surface area contributed by atoms with Crippen LogP contribution in [0.4, 0.5) is 0 Å². The lowest BCUT2D eigenvalue weighted by Gasteiger charge is -2.27. The van der Waals surface area contributed by atoms with Crippen molar-refractivity contribution in [3.8, 4) is 5.75 Å². The van der Waals surface area contributed by atoms with E-state index in [1.807, 2.05) is 19.1 Å². The number of nitrogens with zero attached hydrogens (tertiary/aromatic N) is 1. The smallest absolute Gasteiger partial charge is 0.258 e. The number of aromatic nitrogens is 1. The molecule has 1 amide bonds. The molecule has 2 aromatic rings. The number of carbonyl (C=O) groups is 1. The number of carbonyl (C=O) groups excluding carboxylic acids is 1. The van der Waals surface area contributed by atoms with Crippen molar-refractivity contribution in [2.75, 3.05) is 0 Å². The topological polar surface area (TPSA) is 51.2 Å². The monoisotopic (exact) mass is 318 g/mol. The van der Waals surface area contributed by atoms with Crippen molar-refractivity contribution in [1.29, 1.82) is 0 Å². The van der Waals surface area contributed by atoms with E-state index < -0.39 is 6.23 Å². The van der Waals surface area contributed by atoms with E-state index in [1.54, 1.807) is 24.5 Å². The highest BCUT2D eigenvalue weighted by Crippen LogP contribution is 2.31. The molecule has 1 aliphatic rings. The minimum Gasteiger partial charge on any atom is -0.465 e. The molecular weight excluding hydrogens is 308 g/mol. The number of halogens is 1. The van der Waals surface area contributed by atoms with E-state index in [-0.39, 0.29) is 5.91 Å². The third-order valence-electron chi connectivity index (χ3n) is 2.89. The normalized spacial score (nSPS) is 17.4. The van der Waals surface area contributed by atoms with Gasteiger partial charge in [0.05, 0.1) is 5.56 Å². The van der Waals surface area contributed by atoms with Crippen LogP contribution in [-0.4, -0.2) is 10.9 Å². The molecule has 0 fully saturated rings. The van der Waals surface area contributed by atoms with E-state index in [0.717, 1.165) is 15.6 Å². The highest BCUT2D eigenvalue weighted by atomic mass is 79.9. The van der Waals surface area contributed by atoms with Crippen LogP contribution in [0.5, 0.6) is 5.75 Å². The molecule has 96 valence electrons. The lowest BCUT2D eigenvalue weighted by molar-refractivity contribution is 0.0755. The van der Waals surface area contributed by atoms with Gasteiger partial charge in [-0.1, -0.05) is 15.9 Å². The summed E-state index contributed by atoms with van der Waals surface area (Å²) in [6, 6.07) is 7.33. The number of amides is 1. The number of hydrogen-bond acceptors (Lipinski definition) is 3. The third kappa shape index (κ3) is 2.33. The Morgan fingerprint density at radius 3 is 2.95 bits per heavy atom. The van der Waals surface area contributed by atoms with Crippen LogP contribution in [0.15, 0.2) is 41.1 Å². The number of hydrogen-bond donors (Lipinski definition) is 1. The molecule has 0 saturated carbocycles. The first-order chi connectivity index (χ1) is 9.13. The van der Waals surface area contributed by atoms with E-state index in [9.17, 15) is 4.79 Å². The summed E-state index contributed by atoms with van der Waals surface area (Å²) in [6.45, 7) is 1.95. The minimum absolute atomic E-state index is 0.144. The van der Waals surface area contributed by atoms with E-state index in [1.165, 1.54) is 0 Å². The maximum absolute atomic E-state index is 12.1. The van der Waals surface area contributed by atoms with Crippen molar-refractivity contribution in [3.63, 3.8) is 0 Å². The van der Waals surface area contributed by atoms with Gasteiger partial charge in [0.25, 0.3) is 5.91 Å². The van der Waals surface area contributed by atoms with E-state index >= 15 is 0 Å². The number of benzene rings is 1. The molecule has 0 radical (unpaired) electrons. The molecule has 5 heteroatoms. The Kier molecular flexibility index (Phi) is 2.98.